The maximum absolute atomic E-state index is 12.4. The summed E-state index contributed by atoms with van der Waals surface area (Å²) >= 11 is 0. The predicted molar refractivity (Wildman–Crippen MR) is 122 cm³/mol. The molecular formula is C23H27N3O4S. The highest BCUT2D eigenvalue weighted by molar-refractivity contribution is 7.89. The Morgan fingerprint density at radius 2 is 1.94 bits per heavy atom. The van der Waals surface area contributed by atoms with Crippen molar-refractivity contribution >= 4 is 26.8 Å². The van der Waals surface area contributed by atoms with E-state index in [4.69, 9.17) is 4.74 Å². The van der Waals surface area contributed by atoms with E-state index in [9.17, 15) is 13.2 Å². The molecule has 0 radical (unpaired) electrons. The van der Waals surface area contributed by atoms with Crippen LogP contribution < -0.4 is 10.1 Å². The van der Waals surface area contributed by atoms with Gasteiger partial charge in [0, 0.05) is 42.7 Å². The fraction of sp³-hybridized carbons (Fsp3) is 0.348. The molecule has 0 bridgehead atoms. The topological polar surface area (TPSA) is 91.5 Å². The number of rotatable bonds is 8. The quantitative estimate of drug-likeness (QED) is 0.562. The number of H-pyrrole nitrogens is 1. The van der Waals surface area contributed by atoms with E-state index in [0.717, 1.165) is 33.5 Å². The number of aryl methyl sites for hydroxylation is 1. The molecule has 7 nitrogen and oxygen atoms in total. The fourth-order valence-corrected chi connectivity index (χ4v) is 5.58. The van der Waals surface area contributed by atoms with Crippen molar-refractivity contribution in [1.29, 1.82) is 0 Å². The Balaban J connectivity index is 1.44. The third-order valence-electron chi connectivity index (χ3n) is 5.68. The summed E-state index contributed by atoms with van der Waals surface area (Å²) < 4.78 is 30.4. The molecule has 164 valence electrons. The van der Waals surface area contributed by atoms with Crippen molar-refractivity contribution in [2.45, 2.75) is 19.3 Å². The highest BCUT2D eigenvalue weighted by Crippen LogP contribution is 2.32. The molecule has 0 aliphatic carbocycles. The zero-order valence-corrected chi connectivity index (χ0v) is 18.4. The smallest absolute Gasteiger partial charge is 0.220 e. The van der Waals surface area contributed by atoms with Gasteiger partial charge in [-0.25, -0.2) is 12.7 Å². The number of sulfonamides is 1. The number of para-hydroxylation sites is 1. The molecule has 0 unspecified atom stereocenters. The van der Waals surface area contributed by atoms with Gasteiger partial charge in [0.15, 0.2) is 0 Å². The molecule has 2 aromatic carbocycles. The second-order valence-corrected chi connectivity index (χ2v) is 9.76. The van der Waals surface area contributed by atoms with Crippen molar-refractivity contribution in [2.75, 3.05) is 32.5 Å². The fourth-order valence-electron chi connectivity index (χ4n) is 4.05. The summed E-state index contributed by atoms with van der Waals surface area (Å²) in [5.74, 6) is 0.915. The molecule has 0 atom stereocenters. The van der Waals surface area contributed by atoms with Gasteiger partial charge in [-0.3, -0.25) is 4.79 Å². The minimum Gasteiger partial charge on any atom is -0.497 e. The van der Waals surface area contributed by atoms with Gasteiger partial charge in [-0.05, 0) is 54.3 Å². The number of aromatic nitrogens is 1. The van der Waals surface area contributed by atoms with E-state index in [1.54, 1.807) is 7.11 Å². The van der Waals surface area contributed by atoms with Crippen molar-refractivity contribution in [3.63, 3.8) is 0 Å². The number of fused-ring (bicyclic) bond motifs is 1. The molecule has 1 aliphatic rings. The van der Waals surface area contributed by atoms with Gasteiger partial charge in [-0.1, -0.05) is 18.2 Å². The number of nitrogens with zero attached hydrogens (tertiary/aromatic N) is 1. The average Bonchev–Trinajstić information content (AvgIpc) is 3.31. The molecule has 0 spiro atoms. The van der Waals surface area contributed by atoms with Gasteiger partial charge in [0.1, 0.15) is 5.75 Å². The largest absolute Gasteiger partial charge is 0.497 e. The lowest BCUT2D eigenvalue weighted by Gasteiger charge is -2.14. The molecule has 4 rings (SSSR count). The predicted octanol–water partition coefficient (Wildman–Crippen LogP) is 2.93. The lowest BCUT2D eigenvalue weighted by atomic mass is 10.0. The van der Waals surface area contributed by atoms with Gasteiger partial charge in [0.05, 0.1) is 12.9 Å². The molecule has 0 saturated carbocycles. The summed E-state index contributed by atoms with van der Waals surface area (Å²) in [7, 11) is -1.49. The molecule has 1 aliphatic heterocycles. The van der Waals surface area contributed by atoms with Crippen LogP contribution in [0.25, 0.3) is 22.2 Å². The Kier molecular flexibility index (Phi) is 6.29. The third kappa shape index (κ3) is 4.75. The number of nitrogens with one attached hydrogen (secondary N) is 2. The van der Waals surface area contributed by atoms with Crippen molar-refractivity contribution in [1.82, 2.24) is 14.6 Å². The number of amides is 1. The van der Waals surface area contributed by atoms with Gasteiger partial charge in [-0.15, -0.1) is 0 Å². The molecule has 1 fully saturated rings. The van der Waals surface area contributed by atoms with Crippen LogP contribution in [0.15, 0.2) is 48.5 Å². The second kappa shape index (κ2) is 9.11. The van der Waals surface area contributed by atoms with E-state index in [1.165, 1.54) is 4.31 Å². The Bertz CT molecular complexity index is 1170. The Morgan fingerprint density at radius 1 is 1.16 bits per heavy atom. The van der Waals surface area contributed by atoms with E-state index in [0.29, 0.717) is 38.9 Å². The Labute approximate surface area is 182 Å². The number of ether oxygens (including phenoxy) is 1. The number of hydrogen-bond donors (Lipinski definition) is 2. The molecule has 1 saturated heterocycles. The molecule has 1 aromatic heterocycles. The van der Waals surface area contributed by atoms with Crippen LogP contribution in [0.5, 0.6) is 5.75 Å². The highest BCUT2D eigenvalue weighted by atomic mass is 32.2. The molecule has 1 amide bonds. The summed E-state index contributed by atoms with van der Waals surface area (Å²) in [4.78, 5) is 15.9. The number of benzene rings is 2. The maximum atomic E-state index is 12.4. The van der Waals surface area contributed by atoms with Crippen LogP contribution in [0.4, 0.5) is 0 Å². The zero-order chi connectivity index (χ0) is 21.8. The Hall–Kier alpha value is -2.84. The van der Waals surface area contributed by atoms with E-state index in [-0.39, 0.29) is 11.7 Å². The van der Waals surface area contributed by atoms with E-state index < -0.39 is 10.0 Å². The van der Waals surface area contributed by atoms with E-state index in [2.05, 4.69) is 16.4 Å². The minimum absolute atomic E-state index is 0.0810. The molecule has 2 N–H and O–H groups in total. The Morgan fingerprint density at radius 3 is 2.65 bits per heavy atom. The van der Waals surface area contributed by atoms with Crippen LogP contribution in [-0.4, -0.2) is 56.1 Å². The number of hydrogen-bond acceptors (Lipinski definition) is 4. The number of methoxy groups -OCH3 is 1. The van der Waals surface area contributed by atoms with Gasteiger partial charge in [0.25, 0.3) is 0 Å². The summed E-state index contributed by atoms with van der Waals surface area (Å²) in [6.45, 7) is 1.20. The summed E-state index contributed by atoms with van der Waals surface area (Å²) in [6.07, 6.45) is 1.57. The van der Waals surface area contributed by atoms with Gasteiger partial charge < -0.3 is 15.0 Å². The van der Waals surface area contributed by atoms with Crippen LogP contribution in [-0.2, 0) is 21.2 Å². The third-order valence-corrected chi connectivity index (χ3v) is 7.64. The number of aromatic amines is 1. The lowest BCUT2D eigenvalue weighted by Crippen LogP contribution is -2.35. The standard InChI is InChI=1S/C23H27N3O4S/c1-30-18-9-7-17(8-10-18)23-20(19-5-2-3-6-21(19)25-23)11-12-22(27)24-13-15-26-14-4-16-31(26,28)29/h2-3,5-10,25H,4,11-16H2,1H3,(H,24,27). The van der Waals surface area contributed by atoms with Crippen LogP contribution in [0.1, 0.15) is 18.4 Å². The molecule has 3 aromatic rings. The molecule has 8 heteroatoms. The van der Waals surface area contributed by atoms with Crippen LogP contribution in [0.2, 0.25) is 0 Å². The van der Waals surface area contributed by atoms with Gasteiger partial charge in [0.2, 0.25) is 15.9 Å². The lowest BCUT2D eigenvalue weighted by molar-refractivity contribution is -0.121. The molecular weight excluding hydrogens is 414 g/mol. The van der Waals surface area contributed by atoms with Crippen LogP contribution in [0.3, 0.4) is 0 Å². The normalized spacial score (nSPS) is 15.9. The van der Waals surface area contributed by atoms with Crippen molar-refractivity contribution in [3.05, 3.63) is 54.1 Å². The first kappa shape index (κ1) is 21.4. The van der Waals surface area contributed by atoms with Crippen LogP contribution >= 0.6 is 0 Å². The van der Waals surface area contributed by atoms with Gasteiger partial charge in [-0.2, -0.15) is 0 Å². The molecule has 31 heavy (non-hydrogen) atoms. The first-order chi connectivity index (χ1) is 15.0. The highest BCUT2D eigenvalue weighted by Gasteiger charge is 2.27. The first-order valence-electron chi connectivity index (χ1n) is 10.5. The molecule has 2 heterocycles. The minimum atomic E-state index is -3.13. The summed E-state index contributed by atoms with van der Waals surface area (Å²) in [5.41, 5.74) is 4.16. The first-order valence-corrected chi connectivity index (χ1v) is 12.1. The van der Waals surface area contributed by atoms with Crippen molar-refractivity contribution in [3.8, 4) is 17.0 Å². The van der Waals surface area contributed by atoms with E-state index in [1.807, 2.05) is 42.5 Å². The monoisotopic (exact) mass is 441 g/mol. The second-order valence-electron chi connectivity index (χ2n) is 7.67. The number of carbonyl (C=O) groups is 1. The van der Waals surface area contributed by atoms with Gasteiger partial charge >= 0.3 is 0 Å². The average molecular weight is 442 g/mol. The summed E-state index contributed by atoms with van der Waals surface area (Å²) in [6, 6.07) is 15.9. The van der Waals surface area contributed by atoms with Crippen molar-refractivity contribution < 1.29 is 17.9 Å². The SMILES string of the molecule is COc1ccc(-c2[nH]c3ccccc3c2CCC(=O)NCCN2CCCS2(=O)=O)cc1. The zero-order valence-electron chi connectivity index (χ0n) is 17.6. The number of carbonyl (C=O) groups excluding carboxylic acids is 1. The van der Waals surface area contributed by atoms with Crippen molar-refractivity contribution in [2.24, 2.45) is 0 Å². The maximum Gasteiger partial charge on any atom is 0.220 e. The summed E-state index contributed by atoms with van der Waals surface area (Å²) in [5, 5.41) is 3.96. The van der Waals surface area contributed by atoms with E-state index >= 15 is 0 Å². The van der Waals surface area contributed by atoms with Crippen LogP contribution in [0, 0.1) is 0 Å².